The van der Waals surface area contributed by atoms with Gasteiger partial charge in [-0.2, -0.15) is 0 Å². The van der Waals surface area contributed by atoms with Gasteiger partial charge in [-0.25, -0.2) is 14.2 Å². The van der Waals surface area contributed by atoms with E-state index >= 15 is 0 Å². The van der Waals surface area contributed by atoms with Crippen molar-refractivity contribution in [1.29, 1.82) is 0 Å². The van der Waals surface area contributed by atoms with E-state index in [-0.39, 0.29) is 30.0 Å². The normalized spacial score (nSPS) is 11.0. The summed E-state index contributed by atoms with van der Waals surface area (Å²) >= 11 is 2.97. The molecule has 0 unspecified atom stereocenters. The Balaban J connectivity index is 2.97. The zero-order chi connectivity index (χ0) is 17.6. The van der Waals surface area contributed by atoms with Gasteiger partial charge >= 0.3 is 12.1 Å². The van der Waals surface area contributed by atoms with Crippen molar-refractivity contribution in [3.8, 4) is 0 Å². The monoisotopic (exact) mass is 390 g/mol. The maximum Gasteiger partial charge on any atom is 0.416 e. The summed E-state index contributed by atoms with van der Waals surface area (Å²) in [5, 5.41) is 0. The van der Waals surface area contributed by atoms with E-state index in [9.17, 15) is 14.0 Å². The number of aromatic nitrogens is 1. The van der Waals surface area contributed by atoms with Crippen LogP contribution in [0.1, 0.15) is 34.1 Å². The standard InChI is InChI=1S/C15H20BrFN2O4/c1-5-22-12(20)8-9-19(14(21)23-15(2,3)4)11-7-6-10(17)13(16)18-11/h6-7H,5,8-9H2,1-4H3. The molecule has 23 heavy (non-hydrogen) atoms. The summed E-state index contributed by atoms with van der Waals surface area (Å²) < 4.78 is 23.4. The van der Waals surface area contributed by atoms with Crippen LogP contribution in [-0.4, -0.2) is 35.8 Å². The van der Waals surface area contributed by atoms with Crippen molar-refractivity contribution >= 4 is 33.8 Å². The van der Waals surface area contributed by atoms with Crippen molar-refractivity contribution in [1.82, 2.24) is 4.98 Å². The number of carbonyl (C=O) groups excluding carboxylic acids is 2. The molecule has 0 aliphatic rings. The molecule has 0 spiro atoms. The van der Waals surface area contributed by atoms with Crippen LogP contribution in [0, 0.1) is 5.82 Å². The highest BCUT2D eigenvalue weighted by Gasteiger charge is 2.25. The van der Waals surface area contributed by atoms with E-state index in [4.69, 9.17) is 9.47 Å². The van der Waals surface area contributed by atoms with Gasteiger partial charge in [-0.1, -0.05) is 0 Å². The van der Waals surface area contributed by atoms with Crippen molar-refractivity contribution in [2.24, 2.45) is 0 Å². The Morgan fingerprint density at radius 1 is 1.35 bits per heavy atom. The number of esters is 1. The average Bonchev–Trinajstić information content (AvgIpc) is 2.41. The molecule has 128 valence electrons. The molecule has 1 amide bonds. The highest BCUT2D eigenvalue weighted by atomic mass is 79.9. The van der Waals surface area contributed by atoms with Gasteiger partial charge in [-0.3, -0.25) is 9.69 Å². The summed E-state index contributed by atoms with van der Waals surface area (Å²) in [6.07, 6.45) is -0.697. The molecular formula is C15H20BrFN2O4. The second-order valence-electron chi connectivity index (χ2n) is 5.63. The first-order valence-electron chi connectivity index (χ1n) is 7.12. The molecule has 0 aliphatic carbocycles. The van der Waals surface area contributed by atoms with E-state index in [1.807, 2.05) is 0 Å². The molecule has 0 aromatic carbocycles. The molecule has 0 aliphatic heterocycles. The maximum absolute atomic E-state index is 13.3. The van der Waals surface area contributed by atoms with Crippen molar-refractivity contribution in [3.63, 3.8) is 0 Å². The highest BCUT2D eigenvalue weighted by molar-refractivity contribution is 9.10. The molecule has 0 N–H and O–H groups in total. The summed E-state index contributed by atoms with van der Waals surface area (Å²) in [6.45, 7) is 7.14. The summed E-state index contributed by atoms with van der Waals surface area (Å²) in [7, 11) is 0. The number of amides is 1. The third-order valence-electron chi connectivity index (χ3n) is 2.52. The molecule has 1 heterocycles. The van der Waals surface area contributed by atoms with Gasteiger partial charge in [-0.05, 0) is 55.8 Å². The van der Waals surface area contributed by atoms with Crippen LogP contribution in [0.5, 0.6) is 0 Å². The lowest BCUT2D eigenvalue weighted by molar-refractivity contribution is -0.142. The van der Waals surface area contributed by atoms with Crippen LogP contribution >= 0.6 is 15.9 Å². The molecule has 0 fully saturated rings. The van der Waals surface area contributed by atoms with Gasteiger partial charge in [0.1, 0.15) is 16.0 Å². The van der Waals surface area contributed by atoms with Crippen LogP contribution in [0.25, 0.3) is 0 Å². The van der Waals surface area contributed by atoms with E-state index in [0.29, 0.717) is 0 Å². The van der Waals surface area contributed by atoms with E-state index < -0.39 is 23.5 Å². The number of hydrogen-bond acceptors (Lipinski definition) is 5. The molecule has 0 saturated heterocycles. The number of hydrogen-bond donors (Lipinski definition) is 0. The van der Waals surface area contributed by atoms with Gasteiger partial charge in [0.05, 0.1) is 13.0 Å². The zero-order valence-electron chi connectivity index (χ0n) is 13.6. The number of pyridine rings is 1. The lowest BCUT2D eigenvalue weighted by Gasteiger charge is -2.26. The fourth-order valence-corrected chi connectivity index (χ4v) is 1.92. The number of rotatable bonds is 5. The lowest BCUT2D eigenvalue weighted by Crippen LogP contribution is -2.38. The Hall–Kier alpha value is -1.70. The number of anilines is 1. The Bertz CT molecular complexity index is 575. The summed E-state index contributed by atoms with van der Waals surface area (Å²) in [4.78, 5) is 29.0. The van der Waals surface area contributed by atoms with Crippen molar-refractivity contribution < 1.29 is 23.5 Å². The topological polar surface area (TPSA) is 68.7 Å². The van der Waals surface area contributed by atoms with Crippen molar-refractivity contribution in [2.75, 3.05) is 18.1 Å². The Morgan fingerprint density at radius 3 is 2.52 bits per heavy atom. The first-order chi connectivity index (χ1) is 10.6. The Morgan fingerprint density at radius 2 is 2.00 bits per heavy atom. The largest absolute Gasteiger partial charge is 0.466 e. The first kappa shape index (κ1) is 19.3. The quantitative estimate of drug-likeness (QED) is 0.566. The third-order valence-corrected chi connectivity index (χ3v) is 3.08. The van der Waals surface area contributed by atoms with Crippen molar-refractivity contribution in [2.45, 2.75) is 39.7 Å². The summed E-state index contributed by atoms with van der Waals surface area (Å²) in [6, 6.07) is 2.52. The number of nitrogens with zero attached hydrogens (tertiary/aromatic N) is 2. The summed E-state index contributed by atoms with van der Waals surface area (Å²) in [5.74, 6) is -0.817. The fourth-order valence-electron chi connectivity index (χ4n) is 1.61. The van der Waals surface area contributed by atoms with Gasteiger partial charge in [0.15, 0.2) is 5.82 Å². The third kappa shape index (κ3) is 6.52. The van der Waals surface area contributed by atoms with Gasteiger partial charge in [-0.15, -0.1) is 0 Å². The van der Waals surface area contributed by atoms with E-state index in [0.717, 1.165) is 0 Å². The van der Waals surface area contributed by atoms with E-state index in [1.54, 1.807) is 27.7 Å². The molecule has 1 aromatic rings. The fraction of sp³-hybridized carbons (Fsp3) is 0.533. The second kappa shape index (κ2) is 8.24. The first-order valence-corrected chi connectivity index (χ1v) is 7.91. The smallest absolute Gasteiger partial charge is 0.416 e. The SMILES string of the molecule is CCOC(=O)CCN(C(=O)OC(C)(C)C)c1ccc(F)c(Br)n1. The molecule has 8 heteroatoms. The van der Waals surface area contributed by atoms with Gasteiger partial charge in [0.2, 0.25) is 0 Å². The Kier molecular flexibility index (Phi) is 6.93. The van der Waals surface area contributed by atoms with Crippen LogP contribution in [0.4, 0.5) is 15.0 Å². The van der Waals surface area contributed by atoms with Crippen molar-refractivity contribution in [3.05, 3.63) is 22.6 Å². The minimum absolute atomic E-state index is 0.0127. The van der Waals surface area contributed by atoms with Crippen LogP contribution in [-0.2, 0) is 14.3 Å². The van der Waals surface area contributed by atoms with E-state index in [2.05, 4.69) is 20.9 Å². The maximum atomic E-state index is 13.3. The highest BCUT2D eigenvalue weighted by Crippen LogP contribution is 2.21. The minimum atomic E-state index is -0.712. The van der Waals surface area contributed by atoms with Crippen LogP contribution < -0.4 is 4.90 Å². The molecule has 0 saturated carbocycles. The van der Waals surface area contributed by atoms with Gasteiger partial charge in [0, 0.05) is 6.54 Å². The van der Waals surface area contributed by atoms with Gasteiger partial charge < -0.3 is 9.47 Å². The van der Waals surface area contributed by atoms with Crippen LogP contribution in [0.2, 0.25) is 0 Å². The number of ether oxygens (including phenoxy) is 2. The van der Waals surface area contributed by atoms with Gasteiger partial charge in [0.25, 0.3) is 0 Å². The van der Waals surface area contributed by atoms with E-state index in [1.165, 1.54) is 17.0 Å². The lowest BCUT2D eigenvalue weighted by atomic mass is 10.2. The molecule has 0 radical (unpaired) electrons. The van der Waals surface area contributed by atoms with Crippen LogP contribution in [0.15, 0.2) is 16.7 Å². The molecule has 0 bridgehead atoms. The molecule has 1 rings (SSSR count). The molecular weight excluding hydrogens is 371 g/mol. The number of halogens is 2. The molecule has 0 atom stereocenters. The molecule has 1 aromatic heterocycles. The zero-order valence-corrected chi connectivity index (χ0v) is 15.1. The summed E-state index contributed by atoms with van der Waals surface area (Å²) in [5.41, 5.74) is -0.712. The molecule has 6 nitrogen and oxygen atoms in total. The average molecular weight is 391 g/mol. The number of carbonyl (C=O) groups is 2. The predicted molar refractivity (Wildman–Crippen MR) is 86.7 cm³/mol. The predicted octanol–water partition coefficient (Wildman–Crippen LogP) is 3.68. The Labute approximate surface area is 143 Å². The minimum Gasteiger partial charge on any atom is -0.466 e. The van der Waals surface area contributed by atoms with Crippen LogP contribution in [0.3, 0.4) is 0 Å². The second-order valence-corrected chi connectivity index (χ2v) is 6.38.